The fourth-order valence-corrected chi connectivity index (χ4v) is 2.83. The van der Waals surface area contributed by atoms with E-state index in [9.17, 15) is 4.39 Å². The van der Waals surface area contributed by atoms with Crippen LogP contribution in [-0.2, 0) is 6.54 Å². The number of benzene rings is 1. The normalized spacial score (nSPS) is 21.1. The number of rotatable bonds is 4. The fourth-order valence-electron chi connectivity index (χ4n) is 2.83. The Hall–Kier alpha value is -1.62. The SMILES string of the molecule is CCC1CCCN(Cc2cc(F)cc(/C(N)=N/O)c2)C1. The summed E-state index contributed by atoms with van der Waals surface area (Å²) in [6, 6.07) is 4.58. The fraction of sp³-hybridized carbons (Fsp3) is 0.533. The van der Waals surface area contributed by atoms with Crippen molar-refractivity contribution >= 4 is 5.84 Å². The molecule has 0 aliphatic carbocycles. The molecule has 20 heavy (non-hydrogen) atoms. The second-order valence-electron chi connectivity index (χ2n) is 5.49. The molecule has 1 aliphatic heterocycles. The number of amidine groups is 1. The van der Waals surface area contributed by atoms with Crippen LogP contribution in [0.5, 0.6) is 0 Å². The number of nitrogens with two attached hydrogens (primary N) is 1. The van der Waals surface area contributed by atoms with Gasteiger partial charge in [-0.05, 0) is 49.1 Å². The molecule has 0 bridgehead atoms. The van der Waals surface area contributed by atoms with Crippen LogP contribution in [0.2, 0.25) is 0 Å². The Kier molecular flexibility index (Phi) is 4.95. The molecule has 0 spiro atoms. The van der Waals surface area contributed by atoms with Crippen LogP contribution in [-0.4, -0.2) is 29.0 Å². The molecule has 1 aliphatic rings. The third-order valence-corrected chi connectivity index (χ3v) is 3.95. The smallest absolute Gasteiger partial charge is 0.170 e. The van der Waals surface area contributed by atoms with Crippen LogP contribution in [0.1, 0.15) is 37.3 Å². The predicted octanol–water partition coefficient (Wildman–Crippen LogP) is 2.54. The second kappa shape index (κ2) is 6.70. The number of hydrogen-bond acceptors (Lipinski definition) is 3. The summed E-state index contributed by atoms with van der Waals surface area (Å²) in [5.74, 6) is 0.324. The predicted molar refractivity (Wildman–Crippen MR) is 77.2 cm³/mol. The second-order valence-corrected chi connectivity index (χ2v) is 5.49. The third kappa shape index (κ3) is 3.70. The lowest BCUT2D eigenvalue weighted by Gasteiger charge is -2.32. The first kappa shape index (κ1) is 14.8. The van der Waals surface area contributed by atoms with Crippen molar-refractivity contribution in [2.45, 2.75) is 32.7 Å². The van der Waals surface area contributed by atoms with E-state index < -0.39 is 0 Å². The number of hydrogen-bond donors (Lipinski definition) is 2. The Morgan fingerprint density at radius 3 is 3.00 bits per heavy atom. The van der Waals surface area contributed by atoms with E-state index in [1.807, 2.05) is 0 Å². The molecular weight excluding hydrogens is 257 g/mol. The average molecular weight is 279 g/mol. The van der Waals surface area contributed by atoms with Gasteiger partial charge in [0.05, 0.1) is 0 Å². The van der Waals surface area contributed by atoms with Crippen molar-refractivity contribution in [3.05, 3.63) is 35.1 Å². The van der Waals surface area contributed by atoms with Gasteiger partial charge in [-0.15, -0.1) is 0 Å². The zero-order valence-electron chi connectivity index (χ0n) is 11.8. The molecule has 0 amide bonds. The molecule has 5 heteroatoms. The first-order valence-corrected chi connectivity index (χ1v) is 7.12. The van der Waals surface area contributed by atoms with Crippen LogP contribution in [0.25, 0.3) is 0 Å². The summed E-state index contributed by atoms with van der Waals surface area (Å²) in [6.45, 7) is 5.03. The van der Waals surface area contributed by atoms with E-state index in [1.54, 1.807) is 6.07 Å². The van der Waals surface area contributed by atoms with Gasteiger partial charge in [0.15, 0.2) is 5.84 Å². The molecule has 4 nitrogen and oxygen atoms in total. The minimum Gasteiger partial charge on any atom is -0.409 e. The molecule has 0 aromatic heterocycles. The first-order chi connectivity index (χ1) is 9.62. The van der Waals surface area contributed by atoms with Crippen molar-refractivity contribution in [3.63, 3.8) is 0 Å². The summed E-state index contributed by atoms with van der Waals surface area (Å²) in [6.07, 6.45) is 3.67. The minimum atomic E-state index is -0.354. The van der Waals surface area contributed by atoms with Crippen molar-refractivity contribution in [3.8, 4) is 0 Å². The lowest BCUT2D eigenvalue weighted by Crippen LogP contribution is -2.34. The molecule has 1 heterocycles. The third-order valence-electron chi connectivity index (χ3n) is 3.95. The molecule has 1 atom stereocenters. The highest BCUT2D eigenvalue weighted by Crippen LogP contribution is 2.21. The van der Waals surface area contributed by atoms with Crippen LogP contribution in [0.15, 0.2) is 23.4 Å². The highest BCUT2D eigenvalue weighted by Gasteiger charge is 2.18. The number of oxime groups is 1. The van der Waals surface area contributed by atoms with Crippen molar-refractivity contribution in [1.82, 2.24) is 4.90 Å². The van der Waals surface area contributed by atoms with Gasteiger partial charge in [0.1, 0.15) is 5.82 Å². The highest BCUT2D eigenvalue weighted by atomic mass is 19.1. The van der Waals surface area contributed by atoms with Gasteiger partial charge in [-0.2, -0.15) is 0 Å². The van der Waals surface area contributed by atoms with Gasteiger partial charge < -0.3 is 10.9 Å². The first-order valence-electron chi connectivity index (χ1n) is 7.12. The molecule has 0 saturated carbocycles. The molecule has 1 fully saturated rings. The highest BCUT2D eigenvalue weighted by molar-refractivity contribution is 5.97. The molecule has 0 radical (unpaired) electrons. The average Bonchev–Trinajstić information content (AvgIpc) is 2.46. The molecule has 1 aromatic carbocycles. The van der Waals surface area contributed by atoms with Crippen LogP contribution >= 0.6 is 0 Å². The molecule has 110 valence electrons. The summed E-state index contributed by atoms with van der Waals surface area (Å²) in [5.41, 5.74) is 6.82. The Morgan fingerprint density at radius 2 is 2.30 bits per heavy atom. The van der Waals surface area contributed by atoms with Crippen molar-refractivity contribution < 1.29 is 9.60 Å². The summed E-state index contributed by atoms with van der Waals surface area (Å²) in [5, 5.41) is 11.6. The summed E-state index contributed by atoms with van der Waals surface area (Å²) < 4.78 is 13.6. The molecule has 2 rings (SSSR count). The van der Waals surface area contributed by atoms with Crippen LogP contribution in [0, 0.1) is 11.7 Å². The quantitative estimate of drug-likeness (QED) is 0.385. The van der Waals surface area contributed by atoms with E-state index in [4.69, 9.17) is 10.9 Å². The Balaban J connectivity index is 2.11. The van der Waals surface area contributed by atoms with Gasteiger partial charge >= 0.3 is 0 Å². The number of piperidine rings is 1. The van der Waals surface area contributed by atoms with E-state index in [0.717, 1.165) is 24.6 Å². The summed E-state index contributed by atoms with van der Waals surface area (Å²) in [4.78, 5) is 2.35. The lowest BCUT2D eigenvalue weighted by atomic mass is 9.95. The van der Waals surface area contributed by atoms with Crippen molar-refractivity contribution in [2.75, 3.05) is 13.1 Å². The van der Waals surface area contributed by atoms with Crippen LogP contribution in [0.3, 0.4) is 0 Å². The van der Waals surface area contributed by atoms with E-state index in [-0.39, 0.29) is 11.7 Å². The van der Waals surface area contributed by atoms with E-state index in [0.29, 0.717) is 12.1 Å². The maximum Gasteiger partial charge on any atom is 0.170 e. The largest absolute Gasteiger partial charge is 0.409 e. The Labute approximate surface area is 119 Å². The summed E-state index contributed by atoms with van der Waals surface area (Å²) >= 11 is 0. The number of nitrogens with zero attached hydrogens (tertiary/aromatic N) is 2. The maximum absolute atomic E-state index is 13.6. The van der Waals surface area contributed by atoms with Gasteiger partial charge in [-0.3, -0.25) is 4.90 Å². The van der Waals surface area contributed by atoms with Gasteiger partial charge in [0.25, 0.3) is 0 Å². The molecular formula is C15H22FN3O. The Bertz CT molecular complexity index is 490. The van der Waals surface area contributed by atoms with Crippen molar-refractivity contribution in [1.29, 1.82) is 0 Å². The van der Waals surface area contributed by atoms with Crippen molar-refractivity contribution in [2.24, 2.45) is 16.8 Å². The molecule has 3 N–H and O–H groups in total. The molecule has 1 aromatic rings. The number of halogens is 1. The minimum absolute atomic E-state index is 0.0594. The topological polar surface area (TPSA) is 61.8 Å². The van der Waals surface area contributed by atoms with Gasteiger partial charge in [0, 0.05) is 18.7 Å². The van der Waals surface area contributed by atoms with E-state index in [2.05, 4.69) is 17.0 Å². The standard InChI is InChI=1S/C15H22FN3O/c1-2-11-4-3-5-19(9-11)10-12-6-13(15(17)18-20)8-14(16)7-12/h6-8,11,20H,2-5,9-10H2,1H3,(H2,17,18). The van der Waals surface area contributed by atoms with E-state index in [1.165, 1.54) is 31.4 Å². The lowest BCUT2D eigenvalue weighted by molar-refractivity contribution is 0.164. The molecule has 1 saturated heterocycles. The maximum atomic E-state index is 13.6. The van der Waals surface area contributed by atoms with Crippen LogP contribution < -0.4 is 5.73 Å². The van der Waals surface area contributed by atoms with Gasteiger partial charge in [-0.1, -0.05) is 18.5 Å². The van der Waals surface area contributed by atoms with Crippen LogP contribution in [0.4, 0.5) is 4.39 Å². The monoisotopic (exact) mass is 279 g/mol. The zero-order valence-corrected chi connectivity index (χ0v) is 11.8. The molecule has 1 unspecified atom stereocenters. The van der Waals surface area contributed by atoms with E-state index >= 15 is 0 Å². The summed E-state index contributed by atoms with van der Waals surface area (Å²) in [7, 11) is 0. The van der Waals surface area contributed by atoms with Gasteiger partial charge in [-0.25, -0.2) is 4.39 Å². The Morgan fingerprint density at radius 1 is 1.50 bits per heavy atom. The number of likely N-dealkylation sites (tertiary alicyclic amines) is 1. The zero-order chi connectivity index (χ0) is 14.5. The van der Waals surface area contributed by atoms with Gasteiger partial charge in [0.2, 0.25) is 0 Å².